The van der Waals surface area contributed by atoms with E-state index in [1.54, 1.807) is 0 Å². The van der Waals surface area contributed by atoms with Crippen molar-refractivity contribution in [3.8, 4) is 0 Å². The van der Waals surface area contributed by atoms with Gasteiger partial charge in [0.15, 0.2) is 6.10 Å². The van der Waals surface area contributed by atoms with Gasteiger partial charge in [-0.25, -0.2) is 0 Å². The first-order valence-corrected chi connectivity index (χ1v) is 26.1. The molecule has 6 nitrogen and oxygen atoms in total. The minimum absolute atomic E-state index is 0.0759. The summed E-state index contributed by atoms with van der Waals surface area (Å²) < 4.78 is 16.6. The normalized spacial score (nSPS) is 12.7. The smallest absolute Gasteiger partial charge is 0.306 e. The standard InChI is InChI=1S/C57H96O6/c1-4-7-10-13-15-16-17-18-19-20-21-22-23-24-25-26-27-28-29-30-31-32-33-34-35-36-37-38-39-40-42-44-47-50-56(59)62-53-54(52-61-55(58)49-46-43-12-9-6-3)63-57(60)51-48-45-41-14-11-8-5-2/h7,10,15-16,18-19,21-22,24-25,27-28,30-31,54H,4-6,8-9,11-14,17,20,23,26,29,32-53H2,1-3H3/b10-7-,16-15-,19-18-,22-21-,25-24-,28-27-,31-30-. The van der Waals surface area contributed by atoms with Crippen molar-refractivity contribution < 1.29 is 28.6 Å². The van der Waals surface area contributed by atoms with Crippen molar-refractivity contribution in [3.05, 3.63) is 85.1 Å². The first-order chi connectivity index (χ1) is 31.0. The number of rotatable bonds is 46. The minimum atomic E-state index is -0.767. The van der Waals surface area contributed by atoms with Crippen LogP contribution in [0.5, 0.6) is 0 Å². The van der Waals surface area contributed by atoms with Crippen LogP contribution in [0.25, 0.3) is 0 Å². The number of hydrogen-bond donors (Lipinski definition) is 0. The first-order valence-electron chi connectivity index (χ1n) is 26.1. The lowest BCUT2D eigenvalue weighted by atomic mass is 10.0. The molecule has 63 heavy (non-hydrogen) atoms. The maximum atomic E-state index is 12.6. The summed E-state index contributed by atoms with van der Waals surface area (Å²) in [6.45, 7) is 6.38. The molecule has 0 radical (unpaired) electrons. The van der Waals surface area contributed by atoms with Crippen LogP contribution >= 0.6 is 0 Å². The van der Waals surface area contributed by atoms with Gasteiger partial charge in [-0.1, -0.05) is 228 Å². The summed E-state index contributed by atoms with van der Waals surface area (Å²) in [5, 5.41) is 0. The summed E-state index contributed by atoms with van der Waals surface area (Å²) >= 11 is 0. The van der Waals surface area contributed by atoms with Gasteiger partial charge in [-0.2, -0.15) is 0 Å². The fourth-order valence-corrected chi connectivity index (χ4v) is 7.01. The summed E-state index contributed by atoms with van der Waals surface area (Å²) in [7, 11) is 0. The molecule has 0 aliphatic heterocycles. The van der Waals surface area contributed by atoms with E-state index in [9.17, 15) is 14.4 Å². The number of carbonyl (C=O) groups is 3. The summed E-state index contributed by atoms with van der Waals surface area (Å²) in [4.78, 5) is 37.4. The van der Waals surface area contributed by atoms with E-state index in [2.05, 4.69) is 106 Å². The fraction of sp³-hybridized carbons (Fsp3) is 0.702. The molecule has 0 aliphatic rings. The topological polar surface area (TPSA) is 78.9 Å². The monoisotopic (exact) mass is 877 g/mol. The molecule has 0 rings (SSSR count). The van der Waals surface area contributed by atoms with Gasteiger partial charge in [-0.05, 0) is 77.0 Å². The molecule has 1 unspecified atom stereocenters. The second-order valence-corrected chi connectivity index (χ2v) is 17.1. The van der Waals surface area contributed by atoms with Gasteiger partial charge in [0.2, 0.25) is 0 Å². The Kier molecular flexibility index (Phi) is 48.5. The van der Waals surface area contributed by atoms with Crippen LogP contribution in [0.2, 0.25) is 0 Å². The highest BCUT2D eigenvalue weighted by Crippen LogP contribution is 2.14. The third-order valence-corrected chi connectivity index (χ3v) is 10.9. The number of esters is 3. The van der Waals surface area contributed by atoms with Crippen LogP contribution < -0.4 is 0 Å². The Bertz CT molecular complexity index is 1240. The molecule has 0 N–H and O–H groups in total. The van der Waals surface area contributed by atoms with E-state index in [4.69, 9.17) is 14.2 Å². The van der Waals surface area contributed by atoms with Gasteiger partial charge in [0.25, 0.3) is 0 Å². The Morgan fingerprint density at radius 1 is 0.333 bits per heavy atom. The van der Waals surface area contributed by atoms with Crippen LogP contribution in [0.15, 0.2) is 85.1 Å². The molecule has 0 aromatic rings. The van der Waals surface area contributed by atoms with Crippen LogP contribution in [-0.4, -0.2) is 37.2 Å². The van der Waals surface area contributed by atoms with E-state index >= 15 is 0 Å². The van der Waals surface area contributed by atoms with E-state index in [0.29, 0.717) is 19.3 Å². The molecular weight excluding hydrogens is 781 g/mol. The van der Waals surface area contributed by atoms with Crippen LogP contribution in [-0.2, 0) is 28.6 Å². The molecule has 0 fully saturated rings. The van der Waals surface area contributed by atoms with Crippen LogP contribution in [0, 0.1) is 0 Å². The van der Waals surface area contributed by atoms with Gasteiger partial charge in [-0.3, -0.25) is 14.4 Å². The second kappa shape index (κ2) is 51.2. The molecule has 0 amide bonds. The molecule has 6 heteroatoms. The van der Waals surface area contributed by atoms with Crippen LogP contribution in [0.1, 0.15) is 239 Å². The van der Waals surface area contributed by atoms with Crippen molar-refractivity contribution in [2.24, 2.45) is 0 Å². The van der Waals surface area contributed by atoms with E-state index in [-0.39, 0.29) is 31.1 Å². The molecule has 360 valence electrons. The van der Waals surface area contributed by atoms with Crippen molar-refractivity contribution in [2.75, 3.05) is 13.2 Å². The van der Waals surface area contributed by atoms with Gasteiger partial charge in [-0.15, -0.1) is 0 Å². The second-order valence-electron chi connectivity index (χ2n) is 17.1. The Hall–Kier alpha value is -3.41. The SMILES string of the molecule is CC/C=C\C/C=C\C/C=C\C/C=C\C/C=C\C/C=C\C/C=C\CCCCCCCCCCCCCC(=O)OCC(COC(=O)CCCCCCC)OC(=O)CCCCCCCCC. The molecule has 0 aromatic carbocycles. The largest absolute Gasteiger partial charge is 0.462 e. The molecule has 1 atom stereocenters. The quantitative estimate of drug-likeness (QED) is 0.0262. The summed E-state index contributed by atoms with van der Waals surface area (Å²) in [5.74, 6) is -0.902. The van der Waals surface area contributed by atoms with Gasteiger partial charge >= 0.3 is 17.9 Å². The Morgan fingerprint density at radius 3 is 0.968 bits per heavy atom. The van der Waals surface area contributed by atoms with Gasteiger partial charge < -0.3 is 14.2 Å². The first kappa shape index (κ1) is 59.6. The third-order valence-electron chi connectivity index (χ3n) is 10.9. The lowest BCUT2D eigenvalue weighted by Gasteiger charge is -2.18. The van der Waals surface area contributed by atoms with E-state index in [0.717, 1.165) is 109 Å². The highest BCUT2D eigenvalue weighted by Gasteiger charge is 2.19. The zero-order valence-electron chi connectivity index (χ0n) is 41.1. The fourth-order valence-electron chi connectivity index (χ4n) is 7.01. The lowest BCUT2D eigenvalue weighted by Crippen LogP contribution is -2.30. The van der Waals surface area contributed by atoms with Crippen molar-refractivity contribution in [3.63, 3.8) is 0 Å². The Morgan fingerprint density at radius 2 is 0.619 bits per heavy atom. The molecule has 0 aromatic heterocycles. The Labute approximate surface area is 388 Å². The lowest BCUT2D eigenvalue weighted by molar-refractivity contribution is -0.167. The summed E-state index contributed by atoms with van der Waals surface area (Å²) in [5.41, 5.74) is 0. The number of unbranched alkanes of at least 4 members (excludes halogenated alkanes) is 21. The highest BCUT2D eigenvalue weighted by molar-refractivity contribution is 5.71. The van der Waals surface area contributed by atoms with E-state index in [1.165, 1.54) is 89.9 Å². The third kappa shape index (κ3) is 49.5. The molecule has 0 spiro atoms. The molecular formula is C57H96O6. The number of ether oxygens (including phenoxy) is 3. The van der Waals surface area contributed by atoms with Crippen molar-refractivity contribution in [1.29, 1.82) is 0 Å². The van der Waals surface area contributed by atoms with E-state index < -0.39 is 6.10 Å². The zero-order valence-corrected chi connectivity index (χ0v) is 41.1. The minimum Gasteiger partial charge on any atom is -0.462 e. The predicted molar refractivity (Wildman–Crippen MR) is 270 cm³/mol. The van der Waals surface area contributed by atoms with Crippen molar-refractivity contribution >= 4 is 17.9 Å². The van der Waals surface area contributed by atoms with Crippen LogP contribution in [0.4, 0.5) is 0 Å². The van der Waals surface area contributed by atoms with Gasteiger partial charge in [0.1, 0.15) is 13.2 Å². The summed E-state index contributed by atoms with van der Waals surface area (Å²) in [6, 6.07) is 0. The summed E-state index contributed by atoms with van der Waals surface area (Å²) in [6.07, 6.45) is 66.4. The molecule has 0 bridgehead atoms. The molecule has 0 saturated heterocycles. The van der Waals surface area contributed by atoms with Crippen molar-refractivity contribution in [2.45, 2.75) is 245 Å². The zero-order chi connectivity index (χ0) is 45.8. The van der Waals surface area contributed by atoms with Gasteiger partial charge in [0, 0.05) is 19.3 Å². The number of carbonyl (C=O) groups excluding carboxylic acids is 3. The van der Waals surface area contributed by atoms with E-state index in [1.807, 2.05) is 0 Å². The number of allylic oxidation sites excluding steroid dienone is 14. The highest BCUT2D eigenvalue weighted by atomic mass is 16.6. The molecule has 0 heterocycles. The predicted octanol–water partition coefficient (Wildman–Crippen LogP) is 17.2. The molecule has 0 aliphatic carbocycles. The number of hydrogen-bond acceptors (Lipinski definition) is 6. The maximum absolute atomic E-state index is 12.6. The van der Waals surface area contributed by atoms with Crippen molar-refractivity contribution in [1.82, 2.24) is 0 Å². The maximum Gasteiger partial charge on any atom is 0.306 e. The average molecular weight is 877 g/mol. The Balaban J connectivity index is 3.91. The van der Waals surface area contributed by atoms with Crippen LogP contribution in [0.3, 0.4) is 0 Å². The average Bonchev–Trinajstić information content (AvgIpc) is 3.28. The molecule has 0 saturated carbocycles. The van der Waals surface area contributed by atoms with Gasteiger partial charge in [0.05, 0.1) is 0 Å².